The molecule has 2 nitrogen and oxygen atoms in total. The lowest BCUT2D eigenvalue weighted by molar-refractivity contribution is 0.194. The third kappa shape index (κ3) is 3.55. The van der Waals surface area contributed by atoms with Gasteiger partial charge in [-0.3, -0.25) is 0 Å². The first-order valence-corrected chi connectivity index (χ1v) is 6.81. The van der Waals surface area contributed by atoms with Crippen LogP contribution >= 0.6 is 15.9 Å². The van der Waals surface area contributed by atoms with E-state index in [-0.39, 0.29) is 18.0 Å². The monoisotopic (exact) mass is 342 g/mol. The topological polar surface area (TPSA) is 29.5 Å². The van der Waals surface area contributed by atoms with Gasteiger partial charge in [0.1, 0.15) is 24.0 Å². The second-order valence-electron chi connectivity index (χ2n) is 4.40. The molecule has 0 saturated carbocycles. The molecule has 1 atom stereocenters. The molecule has 0 fully saturated rings. The maximum atomic E-state index is 13.6. The molecule has 1 unspecified atom stereocenters. The van der Waals surface area contributed by atoms with Gasteiger partial charge >= 0.3 is 0 Å². The highest BCUT2D eigenvalue weighted by Gasteiger charge is 2.09. The van der Waals surface area contributed by atoms with Crippen molar-refractivity contribution in [3.63, 3.8) is 0 Å². The fourth-order valence-electron chi connectivity index (χ4n) is 1.73. The predicted molar refractivity (Wildman–Crippen MR) is 75.5 cm³/mol. The third-order valence-electron chi connectivity index (χ3n) is 2.81. The first-order chi connectivity index (χ1) is 9.47. The van der Waals surface area contributed by atoms with Gasteiger partial charge in [-0.15, -0.1) is 0 Å². The predicted octanol–water partition coefficient (Wildman–Crippen LogP) is 4.36. The standard InChI is InChI=1S/C15H13BrF2O2/c1-9(19)12-4-3-11(7-15(12)18)20-8-10-2-5-14(17)13(16)6-10/h2-7,9,19H,8H2,1H3. The van der Waals surface area contributed by atoms with Crippen LogP contribution < -0.4 is 4.74 Å². The number of aliphatic hydroxyl groups is 1. The van der Waals surface area contributed by atoms with Crippen molar-refractivity contribution in [1.82, 2.24) is 0 Å². The second-order valence-corrected chi connectivity index (χ2v) is 5.25. The molecule has 106 valence electrons. The molecule has 0 saturated heterocycles. The zero-order chi connectivity index (χ0) is 14.7. The van der Waals surface area contributed by atoms with E-state index in [1.54, 1.807) is 18.2 Å². The highest BCUT2D eigenvalue weighted by Crippen LogP contribution is 2.23. The van der Waals surface area contributed by atoms with Crippen LogP contribution in [0.2, 0.25) is 0 Å². The minimum Gasteiger partial charge on any atom is -0.489 e. The number of hydrogen-bond donors (Lipinski definition) is 1. The van der Waals surface area contributed by atoms with E-state index in [2.05, 4.69) is 15.9 Å². The summed E-state index contributed by atoms with van der Waals surface area (Å²) in [4.78, 5) is 0. The summed E-state index contributed by atoms with van der Waals surface area (Å²) < 4.78 is 32.5. The summed E-state index contributed by atoms with van der Waals surface area (Å²) in [5.74, 6) is -0.508. The maximum Gasteiger partial charge on any atom is 0.137 e. The zero-order valence-corrected chi connectivity index (χ0v) is 12.3. The van der Waals surface area contributed by atoms with Crippen LogP contribution in [0.3, 0.4) is 0 Å². The van der Waals surface area contributed by atoms with E-state index in [1.165, 1.54) is 25.1 Å². The Balaban J connectivity index is 2.07. The van der Waals surface area contributed by atoms with E-state index >= 15 is 0 Å². The smallest absolute Gasteiger partial charge is 0.137 e. The number of halogens is 3. The Hall–Kier alpha value is -1.46. The lowest BCUT2D eigenvalue weighted by Crippen LogP contribution is -1.99. The van der Waals surface area contributed by atoms with E-state index in [9.17, 15) is 13.9 Å². The average Bonchev–Trinajstić information content (AvgIpc) is 2.40. The van der Waals surface area contributed by atoms with Crippen molar-refractivity contribution >= 4 is 15.9 Å². The summed E-state index contributed by atoms with van der Waals surface area (Å²) in [6.45, 7) is 1.70. The van der Waals surface area contributed by atoms with Gasteiger partial charge < -0.3 is 9.84 Å². The molecule has 1 N–H and O–H groups in total. The van der Waals surface area contributed by atoms with E-state index in [0.717, 1.165) is 5.56 Å². The molecule has 0 amide bonds. The Bertz CT molecular complexity index is 615. The van der Waals surface area contributed by atoms with Gasteiger partial charge in [-0.2, -0.15) is 0 Å². The van der Waals surface area contributed by atoms with E-state index in [0.29, 0.717) is 10.2 Å². The van der Waals surface area contributed by atoms with E-state index in [4.69, 9.17) is 4.74 Å². The molecule has 0 bridgehead atoms. The second kappa shape index (κ2) is 6.33. The molecule has 2 rings (SSSR count). The highest BCUT2D eigenvalue weighted by molar-refractivity contribution is 9.10. The van der Waals surface area contributed by atoms with Crippen molar-refractivity contribution in [2.75, 3.05) is 0 Å². The molecule has 0 aromatic heterocycles. The van der Waals surface area contributed by atoms with Gasteiger partial charge in [0.15, 0.2) is 0 Å². The SMILES string of the molecule is CC(O)c1ccc(OCc2ccc(F)c(Br)c2)cc1F. The molecule has 0 radical (unpaired) electrons. The first-order valence-electron chi connectivity index (χ1n) is 6.01. The van der Waals surface area contributed by atoms with Gasteiger partial charge in [-0.25, -0.2) is 8.78 Å². The zero-order valence-electron chi connectivity index (χ0n) is 10.7. The van der Waals surface area contributed by atoms with Crippen molar-refractivity contribution in [2.24, 2.45) is 0 Å². The minimum atomic E-state index is -0.864. The molecule has 0 heterocycles. The first kappa shape index (κ1) is 14.9. The fraction of sp³-hybridized carbons (Fsp3) is 0.200. The fourth-order valence-corrected chi connectivity index (χ4v) is 2.16. The van der Waals surface area contributed by atoms with Crippen molar-refractivity contribution in [3.8, 4) is 5.75 Å². The number of hydrogen-bond acceptors (Lipinski definition) is 2. The Morgan fingerprint density at radius 3 is 2.50 bits per heavy atom. The van der Waals surface area contributed by atoms with Gasteiger partial charge in [0.25, 0.3) is 0 Å². The van der Waals surface area contributed by atoms with Crippen LogP contribution in [0, 0.1) is 11.6 Å². The van der Waals surface area contributed by atoms with Crippen LogP contribution in [-0.4, -0.2) is 5.11 Å². The van der Waals surface area contributed by atoms with Crippen LogP contribution in [0.5, 0.6) is 5.75 Å². The van der Waals surface area contributed by atoms with Crippen LogP contribution in [0.1, 0.15) is 24.2 Å². The molecule has 2 aromatic carbocycles. The van der Waals surface area contributed by atoms with Gasteiger partial charge in [0.2, 0.25) is 0 Å². The number of aliphatic hydroxyl groups excluding tert-OH is 1. The Labute approximate surface area is 124 Å². The van der Waals surface area contributed by atoms with Crippen LogP contribution in [-0.2, 0) is 6.61 Å². The third-order valence-corrected chi connectivity index (χ3v) is 3.42. The quantitative estimate of drug-likeness (QED) is 0.894. The van der Waals surface area contributed by atoms with Crippen molar-refractivity contribution in [2.45, 2.75) is 19.6 Å². The molecule has 0 aliphatic heterocycles. The lowest BCUT2D eigenvalue weighted by Gasteiger charge is -2.10. The van der Waals surface area contributed by atoms with Gasteiger partial charge in [-0.1, -0.05) is 6.07 Å². The minimum absolute atomic E-state index is 0.201. The van der Waals surface area contributed by atoms with Crippen molar-refractivity contribution in [3.05, 3.63) is 63.6 Å². The van der Waals surface area contributed by atoms with Crippen LogP contribution in [0.25, 0.3) is 0 Å². The van der Waals surface area contributed by atoms with Crippen LogP contribution in [0.15, 0.2) is 40.9 Å². The molecule has 0 spiro atoms. The summed E-state index contributed by atoms with van der Waals surface area (Å²) in [6.07, 6.45) is -0.864. The normalized spacial score (nSPS) is 12.2. The highest BCUT2D eigenvalue weighted by atomic mass is 79.9. The maximum absolute atomic E-state index is 13.6. The summed E-state index contributed by atoms with van der Waals surface area (Å²) >= 11 is 3.09. The average molecular weight is 343 g/mol. The van der Waals surface area contributed by atoms with Crippen LogP contribution in [0.4, 0.5) is 8.78 Å². The summed E-state index contributed by atoms with van der Waals surface area (Å²) in [5, 5.41) is 9.34. The summed E-state index contributed by atoms with van der Waals surface area (Å²) in [6, 6.07) is 8.83. The van der Waals surface area contributed by atoms with E-state index < -0.39 is 11.9 Å². The lowest BCUT2D eigenvalue weighted by atomic mass is 10.1. The molecular weight excluding hydrogens is 330 g/mol. The molecule has 0 aliphatic carbocycles. The van der Waals surface area contributed by atoms with Gasteiger partial charge in [0.05, 0.1) is 10.6 Å². The Morgan fingerprint density at radius 1 is 1.15 bits per heavy atom. The number of rotatable bonds is 4. The van der Waals surface area contributed by atoms with Gasteiger partial charge in [0, 0.05) is 11.6 Å². The van der Waals surface area contributed by atoms with Crippen molar-refractivity contribution < 1.29 is 18.6 Å². The Kier molecular flexibility index (Phi) is 4.73. The van der Waals surface area contributed by atoms with E-state index in [1.807, 2.05) is 0 Å². The molecule has 2 aromatic rings. The Morgan fingerprint density at radius 2 is 1.90 bits per heavy atom. The largest absolute Gasteiger partial charge is 0.489 e. The number of ether oxygens (including phenoxy) is 1. The molecular formula is C15H13BrF2O2. The summed E-state index contributed by atoms with van der Waals surface area (Å²) in [5.41, 5.74) is 0.986. The van der Waals surface area contributed by atoms with Gasteiger partial charge in [-0.05, 0) is 52.7 Å². The van der Waals surface area contributed by atoms with Crippen molar-refractivity contribution in [1.29, 1.82) is 0 Å². The number of benzene rings is 2. The molecule has 5 heteroatoms. The summed E-state index contributed by atoms with van der Waals surface area (Å²) in [7, 11) is 0. The molecule has 20 heavy (non-hydrogen) atoms. The molecule has 0 aliphatic rings.